The lowest BCUT2D eigenvalue weighted by atomic mass is 9.95. The fourth-order valence-electron chi connectivity index (χ4n) is 1.34. The van der Waals surface area contributed by atoms with Crippen LogP contribution in [0.2, 0.25) is 0 Å². The molecule has 2 atom stereocenters. The minimum atomic E-state index is 0.397. The monoisotopic (exact) mass is 190 g/mol. The second-order valence-electron chi connectivity index (χ2n) is 4.25. The van der Waals surface area contributed by atoms with E-state index in [1.165, 1.54) is 25.7 Å². The highest BCUT2D eigenvalue weighted by Crippen LogP contribution is 2.22. The minimum absolute atomic E-state index is 0.397. The third-order valence-corrected chi connectivity index (χ3v) is 3.03. The Morgan fingerprint density at radius 3 is 2.00 bits per heavy atom. The Morgan fingerprint density at radius 1 is 1.00 bits per heavy atom. The zero-order valence-electron chi connectivity index (χ0n) is 8.94. The van der Waals surface area contributed by atoms with Gasteiger partial charge in [-0.15, -0.1) is 11.6 Å². The van der Waals surface area contributed by atoms with Gasteiger partial charge in [-0.3, -0.25) is 0 Å². The summed E-state index contributed by atoms with van der Waals surface area (Å²) in [6.45, 7) is 9.02. The maximum atomic E-state index is 6.21. The van der Waals surface area contributed by atoms with Crippen LogP contribution in [0.3, 0.4) is 0 Å². The first-order chi connectivity index (χ1) is 5.57. The van der Waals surface area contributed by atoms with Crippen LogP contribution in [0, 0.1) is 11.8 Å². The summed E-state index contributed by atoms with van der Waals surface area (Å²) in [5, 5.41) is 0.397. The van der Waals surface area contributed by atoms with Crippen LogP contribution in [0.5, 0.6) is 0 Å². The van der Waals surface area contributed by atoms with Crippen molar-refractivity contribution in [2.75, 3.05) is 0 Å². The third-order valence-electron chi connectivity index (χ3n) is 2.38. The van der Waals surface area contributed by atoms with Crippen LogP contribution in [-0.2, 0) is 0 Å². The van der Waals surface area contributed by atoms with Crippen molar-refractivity contribution in [1.29, 1.82) is 0 Å². The summed E-state index contributed by atoms with van der Waals surface area (Å²) in [6, 6.07) is 0. The molecule has 74 valence electrons. The van der Waals surface area contributed by atoms with Gasteiger partial charge in [-0.05, 0) is 24.7 Å². The van der Waals surface area contributed by atoms with Crippen molar-refractivity contribution < 1.29 is 0 Å². The maximum absolute atomic E-state index is 6.21. The molecule has 0 aromatic carbocycles. The number of hydrogen-bond donors (Lipinski definition) is 0. The van der Waals surface area contributed by atoms with Crippen molar-refractivity contribution in [2.24, 2.45) is 11.8 Å². The lowest BCUT2D eigenvalue weighted by molar-refractivity contribution is 0.423. The molecule has 0 fully saturated rings. The highest BCUT2D eigenvalue weighted by atomic mass is 35.5. The van der Waals surface area contributed by atoms with Crippen molar-refractivity contribution in [3.8, 4) is 0 Å². The van der Waals surface area contributed by atoms with Crippen molar-refractivity contribution in [1.82, 2.24) is 0 Å². The number of halogens is 1. The Kier molecular flexibility index (Phi) is 6.93. The summed E-state index contributed by atoms with van der Waals surface area (Å²) in [5.41, 5.74) is 0. The molecular formula is C11H23Cl. The molecule has 0 aliphatic rings. The van der Waals surface area contributed by atoms with E-state index >= 15 is 0 Å². The standard InChI is InChI=1S/C11H23Cl/c1-5-6-11(12)10(4)8-7-9(2)3/h9-11H,5-8H2,1-4H3. The van der Waals surface area contributed by atoms with Crippen LogP contribution in [0.1, 0.15) is 53.4 Å². The van der Waals surface area contributed by atoms with Crippen LogP contribution in [0.25, 0.3) is 0 Å². The molecule has 0 bridgehead atoms. The molecular weight excluding hydrogens is 168 g/mol. The zero-order chi connectivity index (χ0) is 9.56. The molecule has 0 aliphatic carbocycles. The summed E-state index contributed by atoms with van der Waals surface area (Å²) in [5.74, 6) is 1.51. The Labute approximate surface area is 82.7 Å². The van der Waals surface area contributed by atoms with Gasteiger partial charge in [-0.25, -0.2) is 0 Å². The van der Waals surface area contributed by atoms with E-state index in [-0.39, 0.29) is 0 Å². The molecule has 2 unspecified atom stereocenters. The molecule has 0 N–H and O–H groups in total. The van der Waals surface area contributed by atoms with Gasteiger partial charge in [0.1, 0.15) is 0 Å². The second-order valence-corrected chi connectivity index (χ2v) is 4.81. The van der Waals surface area contributed by atoms with E-state index < -0.39 is 0 Å². The quantitative estimate of drug-likeness (QED) is 0.543. The molecule has 0 aliphatic heterocycles. The molecule has 0 amide bonds. The van der Waals surface area contributed by atoms with Gasteiger partial charge in [0, 0.05) is 5.38 Å². The van der Waals surface area contributed by atoms with Gasteiger partial charge in [-0.2, -0.15) is 0 Å². The van der Waals surface area contributed by atoms with E-state index in [0.29, 0.717) is 11.3 Å². The van der Waals surface area contributed by atoms with Crippen LogP contribution in [0.4, 0.5) is 0 Å². The molecule has 0 saturated heterocycles. The Balaban J connectivity index is 3.49. The topological polar surface area (TPSA) is 0 Å². The molecule has 0 aromatic heterocycles. The van der Waals surface area contributed by atoms with Crippen molar-refractivity contribution >= 4 is 11.6 Å². The lowest BCUT2D eigenvalue weighted by Crippen LogP contribution is -2.11. The zero-order valence-corrected chi connectivity index (χ0v) is 9.69. The Hall–Kier alpha value is 0.290. The van der Waals surface area contributed by atoms with Gasteiger partial charge in [0.2, 0.25) is 0 Å². The first-order valence-corrected chi connectivity index (χ1v) is 5.65. The third kappa shape index (κ3) is 5.88. The Bertz CT molecular complexity index is 99.2. The van der Waals surface area contributed by atoms with Crippen molar-refractivity contribution in [3.63, 3.8) is 0 Å². The van der Waals surface area contributed by atoms with Gasteiger partial charge in [0.15, 0.2) is 0 Å². The second kappa shape index (κ2) is 6.77. The largest absolute Gasteiger partial charge is 0.123 e. The SMILES string of the molecule is CCCC(Cl)C(C)CCC(C)C. The first-order valence-electron chi connectivity index (χ1n) is 5.22. The van der Waals surface area contributed by atoms with Crippen LogP contribution >= 0.6 is 11.6 Å². The van der Waals surface area contributed by atoms with E-state index in [4.69, 9.17) is 11.6 Å². The van der Waals surface area contributed by atoms with E-state index in [1.54, 1.807) is 0 Å². The molecule has 0 saturated carbocycles. The van der Waals surface area contributed by atoms with Gasteiger partial charge < -0.3 is 0 Å². The fraction of sp³-hybridized carbons (Fsp3) is 1.00. The fourth-order valence-corrected chi connectivity index (χ4v) is 1.68. The molecule has 0 rings (SSSR count). The van der Waals surface area contributed by atoms with Crippen molar-refractivity contribution in [2.45, 2.75) is 58.8 Å². The molecule has 0 spiro atoms. The molecule has 12 heavy (non-hydrogen) atoms. The van der Waals surface area contributed by atoms with E-state index in [2.05, 4.69) is 27.7 Å². The van der Waals surface area contributed by atoms with E-state index in [1.807, 2.05) is 0 Å². The summed E-state index contributed by atoms with van der Waals surface area (Å²) < 4.78 is 0. The average molecular weight is 191 g/mol. The summed E-state index contributed by atoms with van der Waals surface area (Å²) in [7, 11) is 0. The van der Waals surface area contributed by atoms with Gasteiger partial charge in [-0.1, -0.05) is 40.5 Å². The minimum Gasteiger partial charge on any atom is -0.123 e. The van der Waals surface area contributed by atoms with Gasteiger partial charge >= 0.3 is 0 Å². The summed E-state index contributed by atoms with van der Waals surface area (Å²) in [4.78, 5) is 0. The van der Waals surface area contributed by atoms with Crippen LogP contribution in [0.15, 0.2) is 0 Å². The maximum Gasteiger partial charge on any atom is 0.0361 e. The smallest absolute Gasteiger partial charge is 0.0361 e. The van der Waals surface area contributed by atoms with E-state index in [9.17, 15) is 0 Å². The van der Waals surface area contributed by atoms with E-state index in [0.717, 1.165) is 5.92 Å². The summed E-state index contributed by atoms with van der Waals surface area (Å²) in [6.07, 6.45) is 4.97. The lowest BCUT2D eigenvalue weighted by Gasteiger charge is -2.17. The summed E-state index contributed by atoms with van der Waals surface area (Å²) >= 11 is 6.21. The normalized spacial score (nSPS) is 16.5. The first kappa shape index (κ1) is 12.3. The predicted molar refractivity (Wildman–Crippen MR) is 57.8 cm³/mol. The molecule has 0 heterocycles. The van der Waals surface area contributed by atoms with Gasteiger partial charge in [0.25, 0.3) is 0 Å². The predicted octanol–water partition coefficient (Wildman–Crippen LogP) is 4.47. The highest BCUT2D eigenvalue weighted by molar-refractivity contribution is 6.20. The van der Waals surface area contributed by atoms with Crippen LogP contribution < -0.4 is 0 Å². The average Bonchev–Trinajstić information content (AvgIpc) is 2.00. The van der Waals surface area contributed by atoms with Crippen LogP contribution in [-0.4, -0.2) is 5.38 Å². The number of rotatable bonds is 6. The molecule has 0 nitrogen and oxygen atoms in total. The Morgan fingerprint density at radius 2 is 1.58 bits per heavy atom. The number of hydrogen-bond acceptors (Lipinski definition) is 0. The van der Waals surface area contributed by atoms with Crippen molar-refractivity contribution in [3.05, 3.63) is 0 Å². The van der Waals surface area contributed by atoms with Gasteiger partial charge in [0.05, 0.1) is 0 Å². The highest BCUT2D eigenvalue weighted by Gasteiger charge is 2.13. The molecule has 0 radical (unpaired) electrons. The molecule has 1 heteroatoms. The molecule has 0 aromatic rings. The number of alkyl halides is 1.